The molecule has 0 unspecified atom stereocenters. The zero-order valence-corrected chi connectivity index (χ0v) is 20.6. The van der Waals surface area contributed by atoms with E-state index in [1.54, 1.807) is 6.07 Å². The molecule has 3 aliphatic carbocycles. The summed E-state index contributed by atoms with van der Waals surface area (Å²) in [5.41, 5.74) is 1.73. The van der Waals surface area contributed by atoms with E-state index in [0.29, 0.717) is 5.56 Å². The van der Waals surface area contributed by atoms with Crippen molar-refractivity contribution in [1.82, 2.24) is 10.2 Å². The van der Waals surface area contributed by atoms with Crippen molar-refractivity contribution in [2.75, 3.05) is 20.6 Å². The first-order chi connectivity index (χ1) is 17.6. The van der Waals surface area contributed by atoms with Crippen LogP contribution in [0.2, 0.25) is 0 Å². The van der Waals surface area contributed by atoms with E-state index in [9.17, 15) is 48.0 Å². The molecule has 1 aromatic carbocycles. The summed E-state index contributed by atoms with van der Waals surface area (Å²) in [4.78, 5) is 40.3. The third kappa shape index (κ3) is 4.24. The average molecular weight is 540 g/mol. The van der Waals surface area contributed by atoms with Gasteiger partial charge in [-0.3, -0.25) is 19.3 Å². The van der Waals surface area contributed by atoms with Crippen LogP contribution in [0.3, 0.4) is 0 Å². The smallest absolute Gasteiger partial charge is 0.390 e. The van der Waals surface area contributed by atoms with Crippen LogP contribution in [0.15, 0.2) is 34.8 Å². The Morgan fingerprint density at radius 1 is 1.21 bits per heavy atom. The molecule has 1 amide bonds. The molecule has 0 saturated carbocycles. The maximum atomic E-state index is 13.6. The van der Waals surface area contributed by atoms with Crippen molar-refractivity contribution in [3.63, 3.8) is 0 Å². The van der Waals surface area contributed by atoms with E-state index >= 15 is 0 Å². The number of aliphatic hydroxyl groups is 3. The van der Waals surface area contributed by atoms with Gasteiger partial charge in [-0.2, -0.15) is 13.2 Å². The SMILES string of the molecule is CN(C)[C@@H]1C(O)=C(C(N)=O)C(=O)[C@@]2(O)C(O)=C3C(=O)c4c(ccc(CNCCC(F)(F)F)c4O)C[C@H]3C[C@@H]12. The number of hydrogen-bond acceptors (Lipinski definition) is 9. The monoisotopic (exact) mass is 539 g/mol. The summed E-state index contributed by atoms with van der Waals surface area (Å²) in [6.45, 7) is -0.577. The lowest BCUT2D eigenvalue weighted by Crippen LogP contribution is -2.63. The number of benzene rings is 1. The Bertz CT molecular complexity index is 1290. The van der Waals surface area contributed by atoms with Crippen LogP contribution in [-0.4, -0.2) is 81.3 Å². The van der Waals surface area contributed by atoms with Gasteiger partial charge >= 0.3 is 6.18 Å². The number of carbonyl (C=O) groups is 3. The van der Waals surface area contributed by atoms with Crippen LogP contribution in [0.1, 0.15) is 34.3 Å². The van der Waals surface area contributed by atoms with Crippen molar-refractivity contribution in [2.24, 2.45) is 17.6 Å². The molecule has 4 atom stereocenters. The van der Waals surface area contributed by atoms with Crippen molar-refractivity contribution < 1.29 is 48.0 Å². The topological polar surface area (TPSA) is 173 Å². The number of alkyl halides is 3. The number of likely N-dealkylation sites (N-methyl/N-ethyl adjacent to an activating group) is 1. The molecule has 0 saturated heterocycles. The summed E-state index contributed by atoms with van der Waals surface area (Å²) in [5, 5.41) is 46.9. The fourth-order valence-electron chi connectivity index (χ4n) is 5.86. The van der Waals surface area contributed by atoms with Crippen LogP contribution in [0.5, 0.6) is 5.75 Å². The average Bonchev–Trinajstić information content (AvgIpc) is 2.79. The summed E-state index contributed by atoms with van der Waals surface area (Å²) in [6, 6.07) is 1.95. The van der Waals surface area contributed by atoms with Crippen LogP contribution in [-0.2, 0) is 22.6 Å². The van der Waals surface area contributed by atoms with E-state index in [-0.39, 0.29) is 36.1 Å². The van der Waals surface area contributed by atoms with E-state index in [1.165, 1.54) is 25.1 Å². The minimum atomic E-state index is -4.36. The Morgan fingerprint density at radius 2 is 1.87 bits per heavy atom. The number of ketones is 2. The number of carbonyl (C=O) groups excluding carboxylic acids is 3. The molecular formula is C25H28F3N3O7. The molecular weight excluding hydrogens is 511 g/mol. The van der Waals surface area contributed by atoms with Crippen LogP contribution in [0.25, 0.3) is 0 Å². The van der Waals surface area contributed by atoms with Gasteiger partial charge in [0.15, 0.2) is 11.4 Å². The third-order valence-corrected chi connectivity index (χ3v) is 7.58. The lowest BCUT2D eigenvalue weighted by Gasteiger charge is -2.50. The van der Waals surface area contributed by atoms with Gasteiger partial charge in [0.05, 0.1) is 18.0 Å². The van der Waals surface area contributed by atoms with Crippen molar-refractivity contribution in [2.45, 2.75) is 43.6 Å². The highest BCUT2D eigenvalue weighted by atomic mass is 19.4. The number of amides is 1. The van der Waals surface area contributed by atoms with E-state index in [2.05, 4.69) is 5.32 Å². The van der Waals surface area contributed by atoms with Crippen molar-refractivity contribution in [3.05, 3.63) is 51.5 Å². The minimum Gasteiger partial charge on any atom is -0.510 e. The Morgan fingerprint density at radius 3 is 2.45 bits per heavy atom. The zero-order valence-electron chi connectivity index (χ0n) is 20.6. The summed E-state index contributed by atoms with van der Waals surface area (Å²) in [5.74, 6) is -7.45. The Labute approximate surface area is 215 Å². The zero-order chi connectivity index (χ0) is 28.3. The second-order valence-corrected chi connectivity index (χ2v) is 10.1. The predicted molar refractivity (Wildman–Crippen MR) is 126 cm³/mol. The van der Waals surface area contributed by atoms with E-state index < -0.39 is 82.9 Å². The highest BCUT2D eigenvalue weighted by Crippen LogP contribution is 2.52. The lowest BCUT2D eigenvalue weighted by molar-refractivity contribution is -0.148. The van der Waals surface area contributed by atoms with Crippen LogP contribution >= 0.6 is 0 Å². The largest absolute Gasteiger partial charge is 0.510 e. The Balaban J connectivity index is 1.76. The number of hydrogen-bond donors (Lipinski definition) is 6. The molecule has 1 aromatic rings. The maximum Gasteiger partial charge on any atom is 0.390 e. The van der Waals surface area contributed by atoms with Gasteiger partial charge in [-0.25, -0.2) is 0 Å². The number of nitrogens with two attached hydrogens (primary N) is 1. The molecule has 0 aliphatic heterocycles. The van der Waals surface area contributed by atoms with Crippen molar-refractivity contribution in [1.29, 1.82) is 0 Å². The number of allylic oxidation sites excluding steroid dienone is 1. The molecule has 0 radical (unpaired) electrons. The fraction of sp³-hybridized carbons (Fsp3) is 0.480. The number of Topliss-reactive ketones (excluding diaryl/α,β-unsaturated/α-hetero) is 2. The molecule has 7 N–H and O–H groups in total. The normalized spacial score (nSPS) is 27.4. The fourth-order valence-corrected chi connectivity index (χ4v) is 5.86. The molecule has 0 spiro atoms. The summed E-state index contributed by atoms with van der Waals surface area (Å²) in [6.07, 6.45) is -5.35. The summed E-state index contributed by atoms with van der Waals surface area (Å²) < 4.78 is 37.2. The molecule has 0 aromatic heterocycles. The molecule has 0 heterocycles. The Kier molecular flexibility index (Phi) is 6.83. The van der Waals surface area contributed by atoms with Gasteiger partial charge in [0.25, 0.3) is 5.91 Å². The number of primary amides is 1. The third-order valence-electron chi connectivity index (χ3n) is 7.58. The number of nitrogens with zero attached hydrogens (tertiary/aromatic N) is 1. The number of fused-ring (bicyclic) bond motifs is 3. The minimum absolute atomic E-state index is 0.0345. The molecule has 13 heteroatoms. The molecule has 38 heavy (non-hydrogen) atoms. The molecule has 3 aliphatic rings. The first-order valence-corrected chi connectivity index (χ1v) is 11.9. The molecule has 10 nitrogen and oxygen atoms in total. The quantitative estimate of drug-likeness (QED) is 0.229. The van der Waals surface area contributed by atoms with Gasteiger partial charge in [0, 0.05) is 30.1 Å². The van der Waals surface area contributed by atoms with E-state index in [4.69, 9.17) is 5.73 Å². The summed E-state index contributed by atoms with van der Waals surface area (Å²) in [7, 11) is 3.07. The first kappa shape index (κ1) is 27.6. The van der Waals surface area contributed by atoms with Crippen LogP contribution < -0.4 is 11.1 Å². The van der Waals surface area contributed by atoms with Gasteiger partial charge in [-0.05, 0) is 38.4 Å². The van der Waals surface area contributed by atoms with Gasteiger partial charge in [0.2, 0.25) is 5.78 Å². The Hall–Kier alpha value is -3.42. The number of phenolic OH excluding ortho intramolecular Hbond substituents is 1. The van der Waals surface area contributed by atoms with Crippen LogP contribution in [0.4, 0.5) is 13.2 Å². The lowest BCUT2D eigenvalue weighted by atomic mass is 9.58. The van der Waals surface area contributed by atoms with Gasteiger partial charge < -0.3 is 31.5 Å². The number of nitrogens with one attached hydrogen (secondary N) is 1. The molecule has 0 bridgehead atoms. The second-order valence-electron chi connectivity index (χ2n) is 10.1. The van der Waals surface area contributed by atoms with E-state index in [0.717, 1.165) is 0 Å². The van der Waals surface area contributed by atoms with Gasteiger partial charge in [0.1, 0.15) is 22.8 Å². The maximum absolute atomic E-state index is 13.6. The van der Waals surface area contributed by atoms with Gasteiger partial charge in [-0.1, -0.05) is 12.1 Å². The first-order valence-electron chi connectivity index (χ1n) is 11.9. The molecule has 206 valence electrons. The second kappa shape index (κ2) is 9.40. The number of aromatic hydroxyl groups is 1. The standard InChI is InChI=1S/C25H28F3N3O7/c1-31(2)17-13-8-12-7-10-3-4-11(9-30-6-5-24(26,27)28)18(32)14(10)19(33)15(12)21(35)25(13,38)22(36)16(20(17)34)23(29)37/h3-4,12-13,17,30,32,34-35,38H,5-9H2,1-2H3,(H2,29,37)/t12-,13-,17-,25-/m0/s1. The highest BCUT2D eigenvalue weighted by Gasteiger charge is 2.63. The van der Waals surface area contributed by atoms with Crippen molar-refractivity contribution in [3.8, 4) is 5.75 Å². The van der Waals surface area contributed by atoms with Gasteiger partial charge in [-0.15, -0.1) is 0 Å². The highest BCUT2D eigenvalue weighted by molar-refractivity contribution is 6.24. The number of phenols is 1. The molecule has 4 rings (SSSR count). The predicted octanol–water partition coefficient (Wildman–Crippen LogP) is 1.16. The molecule has 0 fully saturated rings. The van der Waals surface area contributed by atoms with E-state index in [1.807, 2.05) is 0 Å². The summed E-state index contributed by atoms with van der Waals surface area (Å²) >= 11 is 0. The number of rotatable bonds is 6. The number of aliphatic hydroxyl groups excluding tert-OH is 2. The van der Waals surface area contributed by atoms with Crippen molar-refractivity contribution >= 4 is 17.5 Å². The number of halogens is 3. The van der Waals surface area contributed by atoms with Crippen LogP contribution in [0, 0.1) is 11.8 Å².